The quantitative estimate of drug-likeness (QED) is 0.392. The van der Waals surface area contributed by atoms with Gasteiger partial charge in [-0.3, -0.25) is 9.36 Å². The molecule has 6 nitrogen and oxygen atoms in total. The van der Waals surface area contributed by atoms with Gasteiger partial charge in [0, 0.05) is 5.56 Å². The van der Waals surface area contributed by atoms with Crippen molar-refractivity contribution in [3.63, 3.8) is 0 Å². The second-order valence-corrected chi connectivity index (χ2v) is 8.26. The molecule has 0 spiro atoms. The normalized spacial score (nSPS) is 10.7. The van der Waals surface area contributed by atoms with Gasteiger partial charge in [0.25, 0.3) is 0 Å². The number of aryl methyl sites for hydroxylation is 2. The number of amides is 1. The summed E-state index contributed by atoms with van der Waals surface area (Å²) in [7, 11) is 1.58. The van der Waals surface area contributed by atoms with Gasteiger partial charge in [0.2, 0.25) is 5.91 Å². The van der Waals surface area contributed by atoms with Crippen LogP contribution in [0.4, 0.5) is 5.69 Å². The van der Waals surface area contributed by atoms with Crippen LogP contribution in [0, 0.1) is 13.8 Å². The Morgan fingerprint density at radius 2 is 1.72 bits per heavy atom. The molecular formula is C25H24N4O2S. The average Bonchev–Trinajstić information content (AvgIpc) is 3.24. The molecule has 0 aliphatic carbocycles. The molecule has 0 saturated heterocycles. The lowest BCUT2D eigenvalue weighted by molar-refractivity contribution is -0.113. The Balaban J connectivity index is 1.62. The highest BCUT2D eigenvalue weighted by atomic mass is 32.2. The number of hydrogen-bond acceptors (Lipinski definition) is 5. The van der Waals surface area contributed by atoms with Crippen molar-refractivity contribution in [2.45, 2.75) is 19.0 Å². The van der Waals surface area contributed by atoms with Gasteiger partial charge < -0.3 is 10.1 Å². The molecule has 0 bridgehead atoms. The molecule has 32 heavy (non-hydrogen) atoms. The highest BCUT2D eigenvalue weighted by molar-refractivity contribution is 7.99. The number of benzene rings is 3. The zero-order chi connectivity index (χ0) is 22.5. The van der Waals surface area contributed by atoms with Gasteiger partial charge in [-0.2, -0.15) is 0 Å². The Kier molecular flexibility index (Phi) is 6.56. The summed E-state index contributed by atoms with van der Waals surface area (Å²) in [5.74, 6) is 1.41. The molecule has 1 N–H and O–H groups in total. The molecule has 1 amide bonds. The molecule has 4 aromatic rings. The van der Waals surface area contributed by atoms with Crippen LogP contribution in [0.1, 0.15) is 11.1 Å². The van der Waals surface area contributed by atoms with E-state index in [1.807, 2.05) is 59.2 Å². The predicted molar refractivity (Wildman–Crippen MR) is 129 cm³/mol. The van der Waals surface area contributed by atoms with Gasteiger partial charge in [-0.15, -0.1) is 10.2 Å². The summed E-state index contributed by atoms with van der Waals surface area (Å²) in [6.07, 6.45) is 0. The van der Waals surface area contributed by atoms with E-state index in [9.17, 15) is 4.79 Å². The van der Waals surface area contributed by atoms with Crippen molar-refractivity contribution in [1.82, 2.24) is 14.8 Å². The molecule has 0 fully saturated rings. The fraction of sp³-hybridized carbons (Fsp3) is 0.160. The van der Waals surface area contributed by atoms with Crippen LogP contribution in [-0.2, 0) is 4.79 Å². The van der Waals surface area contributed by atoms with Crippen LogP contribution in [0.2, 0.25) is 0 Å². The van der Waals surface area contributed by atoms with Crippen LogP contribution >= 0.6 is 11.8 Å². The van der Waals surface area contributed by atoms with Crippen molar-refractivity contribution in [3.8, 4) is 22.8 Å². The molecule has 1 aromatic heterocycles. The zero-order valence-electron chi connectivity index (χ0n) is 18.2. The van der Waals surface area contributed by atoms with Gasteiger partial charge in [-0.1, -0.05) is 60.3 Å². The number of ether oxygens (including phenoxy) is 1. The van der Waals surface area contributed by atoms with Gasteiger partial charge in [0.1, 0.15) is 5.75 Å². The van der Waals surface area contributed by atoms with Crippen molar-refractivity contribution in [2.75, 3.05) is 18.2 Å². The van der Waals surface area contributed by atoms with E-state index < -0.39 is 0 Å². The molecule has 0 saturated carbocycles. The summed E-state index contributed by atoms with van der Waals surface area (Å²) in [6.45, 7) is 4.17. The van der Waals surface area contributed by atoms with Crippen molar-refractivity contribution < 1.29 is 9.53 Å². The van der Waals surface area contributed by atoms with Crippen LogP contribution in [0.25, 0.3) is 17.1 Å². The highest BCUT2D eigenvalue weighted by Crippen LogP contribution is 2.29. The van der Waals surface area contributed by atoms with Gasteiger partial charge in [0.05, 0.1) is 24.2 Å². The fourth-order valence-electron chi connectivity index (χ4n) is 3.30. The SMILES string of the molecule is COc1ccccc1NC(=O)CSc1nnc(-c2ccccc2)n1-c1ccc(C)c(C)c1. The summed E-state index contributed by atoms with van der Waals surface area (Å²) in [4.78, 5) is 12.6. The molecule has 0 radical (unpaired) electrons. The number of aromatic nitrogens is 3. The zero-order valence-corrected chi connectivity index (χ0v) is 19.0. The van der Waals surface area contributed by atoms with E-state index in [1.54, 1.807) is 7.11 Å². The number of nitrogens with one attached hydrogen (secondary N) is 1. The molecule has 7 heteroatoms. The van der Waals surface area contributed by atoms with E-state index in [1.165, 1.54) is 22.9 Å². The third-order valence-corrected chi connectivity index (χ3v) is 6.06. The number of rotatable bonds is 7. The van der Waals surface area contributed by atoms with E-state index in [0.717, 1.165) is 17.1 Å². The number of nitrogens with zero attached hydrogens (tertiary/aromatic N) is 3. The standard InChI is InChI=1S/C25H24N4O2S/c1-17-13-14-20(15-18(17)2)29-24(19-9-5-4-6-10-19)27-28-25(29)32-16-23(30)26-21-11-7-8-12-22(21)31-3/h4-15H,16H2,1-3H3,(H,26,30). The summed E-state index contributed by atoms with van der Waals surface area (Å²) < 4.78 is 7.31. The topological polar surface area (TPSA) is 69.0 Å². The molecule has 0 unspecified atom stereocenters. The van der Waals surface area contributed by atoms with Gasteiger partial charge >= 0.3 is 0 Å². The molecular weight excluding hydrogens is 420 g/mol. The summed E-state index contributed by atoms with van der Waals surface area (Å²) in [5, 5.41) is 12.4. The molecule has 0 aliphatic heterocycles. The van der Waals surface area contributed by atoms with Crippen LogP contribution in [0.3, 0.4) is 0 Å². The minimum absolute atomic E-state index is 0.143. The molecule has 4 rings (SSSR count). The van der Waals surface area contributed by atoms with Crippen molar-refractivity contribution in [1.29, 1.82) is 0 Å². The Bertz CT molecular complexity index is 1240. The minimum atomic E-state index is -0.143. The Morgan fingerprint density at radius 3 is 2.47 bits per heavy atom. The predicted octanol–water partition coefficient (Wildman–Crippen LogP) is 5.29. The maximum absolute atomic E-state index is 12.6. The Hall–Kier alpha value is -3.58. The van der Waals surface area contributed by atoms with Crippen LogP contribution < -0.4 is 10.1 Å². The van der Waals surface area contributed by atoms with Crippen molar-refractivity contribution in [3.05, 3.63) is 83.9 Å². The third kappa shape index (κ3) is 4.68. The van der Waals surface area contributed by atoms with Crippen LogP contribution in [0.5, 0.6) is 5.75 Å². The van der Waals surface area contributed by atoms with Crippen LogP contribution in [0.15, 0.2) is 78.0 Å². The Labute approximate surface area is 191 Å². The number of hydrogen-bond donors (Lipinski definition) is 1. The summed E-state index contributed by atoms with van der Waals surface area (Å²) >= 11 is 1.34. The van der Waals surface area contributed by atoms with E-state index in [0.29, 0.717) is 16.6 Å². The second kappa shape index (κ2) is 9.70. The second-order valence-electron chi connectivity index (χ2n) is 7.31. The minimum Gasteiger partial charge on any atom is -0.495 e. The third-order valence-electron chi connectivity index (χ3n) is 5.13. The molecule has 1 heterocycles. The molecule has 0 atom stereocenters. The van der Waals surface area contributed by atoms with Gasteiger partial charge in [-0.05, 0) is 49.2 Å². The molecule has 0 aliphatic rings. The summed E-state index contributed by atoms with van der Waals surface area (Å²) in [6, 6.07) is 23.5. The maximum atomic E-state index is 12.6. The number of thioether (sulfide) groups is 1. The first-order valence-corrected chi connectivity index (χ1v) is 11.2. The highest BCUT2D eigenvalue weighted by Gasteiger charge is 2.18. The molecule has 162 valence electrons. The number of anilines is 1. The number of carbonyl (C=O) groups excluding carboxylic acids is 1. The van der Waals surface area contributed by atoms with Crippen molar-refractivity contribution in [2.24, 2.45) is 0 Å². The van der Waals surface area contributed by atoms with E-state index >= 15 is 0 Å². The van der Waals surface area contributed by atoms with Gasteiger partial charge in [0.15, 0.2) is 11.0 Å². The van der Waals surface area contributed by atoms with E-state index in [4.69, 9.17) is 4.74 Å². The largest absolute Gasteiger partial charge is 0.495 e. The first kappa shape index (κ1) is 21.6. The van der Waals surface area contributed by atoms with Gasteiger partial charge in [-0.25, -0.2) is 0 Å². The lowest BCUT2D eigenvalue weighted by atomic mass is 10.1. The smallest absolute Gasteiger partial charge is 0.234 e. The fourth-order valence-corrected chi connectivity index (χ4v) is 4.05. The monoisotopic (exact) mass is 444 g/mol. The van der Waals surface area contributed by atoms with E-state index in [2.05, 4.69) is 47.6 Å². The molecule has 3 aromatic carbocycles. The first-order valence-electron chi connectivity index (χ1n) is 10.2. The lowest BCUT2D eigenvalue weighted by Gasteiger charge is -2.13. The number of para-hydroxylation sites is 2. The van der Waals surface area contributed by atoms with Crippen LogP contribution in [-0.4, -0.2) is 33.5 Å². The number of carbonyl (C=O) groups is 1. The van der Waals surface area contributed by atoms with E-state index in [-0.39, 0.29) is 11.7 Å². The average molecular weight is 445 g/mol. The number of methoxy groups -OCH3 is 1. The van der Waals surface area contributed by atoms with Crippen molar-refractivity contribution >= 4 is 23.4 Å². The lowest BCUT2D eigenvalue weighted by Crippen LogP contribution is -2.15. The first-order chi connectivity index (χ1) is 15.6. The maximum Gasteiger partial charge on any atom is 0.234 e. The summed E-state index contributed by atoms with van der Waals surface area (Å²) in [5.41, 5.74) is 4.96. The Morgan fingerprint density at radius 1 is 0.969 bits per heavy atom.